The van der Waals surface area contributed by atoms with Gasteiger partial charge >= 0.3 is 0 Å². The molecule has 0 aliphatic heterocycles. The number of fused-ring (bicyclic) bond motifs is 1. The summed E-state index contributed by atoms with van der Waals surface area (Å²) < 4.78 is 7.35. The van der Waals surface area contributed by atoms with Gasteiger partial charge in [0.1, 0.15) is 0 Å². The monoisotopic (exact) mass is 307 g/mol. The van der Waals surface area contributed by atoms with Crippen LogP contribution in [0.2, 0.25) is 5.02 Å². The summed E-state index contributed by atoms with van der Waals surface area (Å²) >= 11 is 7.44. The van der Waals surface area contributed by atoms with Gasteiger partial charge in [0.15, 0.2) is 0 Å². The molecule has 104 valence electrons. The number of halogens is 1. The van der Waals surface area contributed by atoms with Gasteiger partial charge in [0.05, 0.1) is 18.5 Å². The smallest absolute Gasteiger partial charge is 0.294 e. The van der Waals surface area contributed by atoms with E-state index in [1.165, 1.54) is 11.3 Å². The number of imidazole rings is 1. The molecular weight excluding hydrogens is 294 g/mol. The first-order valence-corrected chi connectivity index (χ1v) is 7.56. The maximum Gasteiger partial charge on any atom is 0.294 e. The highest BCUT2D eigenvalue weighted by Gasteiger charge is 2.11. The number of hydrogen-bond acceptors (Lipinski definition) is 4. The lowest BCUT2D eigenvalue weighted by molar-refractivity contribution is 0.267. The molecule has 4 nitrogen and oxygen atoms in total. The largest absolute Gasteiger partial charge is 0.469 e. The normalized spacial score (nSPS) is 11.4. The molecule has 2 aromatic heterocycles. The highest BCUT2D eigenvalue weighted by Crippen LogP contribution is 2.27. The average Bonchev–Trinajstić information content (AvgIpc) is 2.94. The summed E-state index contributed by atoms with van der Waals surface area (Å²) in [6, 6.07) is 7.63. The van der Waals surface area contributed by atoms with Crippen molar-refractivity contribution in [1.82, 2.24) is 14.6 Å². The fraction of sp³-hybridized carbons (Fsp3) is 0.286. The molecule has 0 aliphatic rings. The molecule has 3 rings (SSSR count). The minimum atomic E-state index is 0.480. The van der Waals surface area contributed by atoms with Crippen LogP contribution in [-0.2, 0) is 0 Å². The molecular formula is C14H14ClN3OS. The van der Waals surface area contributed by atoms with E-state index in [1.807, 2.05) is 30.5 Å². The van der Waals surface area contributed by atoms with E-state index in [2.05, 4.69) is 23.9 Å². The molecule has 0 unspecified atom stereocenters. The van der Waals surface area contributed by atoms with E-state index in [1.54, 1.807) is 4.52 Å². The fourth-order valence-electron chi connectivity index (χ4n) is 1.77. The van der Waals surface area contributed by atoms with Gasteiger partial charge in [0.25, 0.3) is 5.19 Å². The molecule has 0 saturated heterocycles. The van der Waals surface area contributed by atoms with E-state index in [9.17, 15) is 0 Å². The Kier molecular flexibility index (Phi) is 3.63. The average molecular weight is 308 g/mol. The minimum Gasteiger partial charge on any atom is -0.469 e. The summed E-state index contributed by atoms with van der Waals surface area (Å²) in [5.74, 6) is 0.480. The molecule has 0 spiro atoms. The van der Waals surface area contributed by atoms with Crippen LogP contribution >= 0.6 is 22.9 Å². The second-order valence-electron chi connectivity index (χ2n) is 4.94. The van der Waals surface area contributed by atoms with Crippen LogP contribution in [0.4, 0.5) is 0 Å². The van der Waals surface area contributed by atoms with Gasteiger partial charge in [-0.1, -0.05) is 37.6 Å². The molecule has 0 N–H and O–H groups in total. The maximum atomic E-state index is 6.00. The van der Waals surface area contributed by atoms with E-state index in [0.717, 1.165) is 16.2 Å². The van der Waals surface area contributed by atoms with E-state index in [0.29, 0.717) is 22.7 Å². The van der Waals surface area contributed by atoms with Crippen molar-refractivity contribution in [3.8, 4) is 16.5 Å². The molecule has 3 aromatic rings. The first kappa shape index (κ1) is 13.4. The lowest BCUT2D eigenvalue weighted by atomic mass is 10.2. The van der Waals surface area contributed by atoms with Gasteiger partial charge < -0.3 is 4.74 Å². The Morgan fingerprint density at radius 1 is 1.40 bits per heavy atom. The first-order valence-electron chi connectivity index (χ1n) is 6.37. The number of ether oxygens (including phenoxy) is 1. The summed E-state index contributed by atoms with van der Waals surface area (Å²) in [7, 11) is 0. The lowest BCUT2D eigenvalue weighted by Gasteiger charge is -2.03. The predicted molar refractivity (Wildman–Crippen MR) is 81.6 cm³/mol. The molecule has 0 atom stereocenters. The number of nitrogens with zero attached hydrogens (tertiary/aromatic N) is 3. The van der Waals surface area contributed by atoms with Gasteiger partial charge in [-0.3, -0.25) is 0 Å². The zero-order chi connectivity index (χ0) is 14.1. The van der Waals surface area contributed by atoms with E-state index >= 15 is 0 Å². The Balaban J connectivity index is 1.87. The third-order valence-electron chi connectivity index (χ3n) is 2.69. The number of benzene rings is 1. The highest BCUT2D eigenvalue weighted by molar-refractivity contribution is 7.18. The van der Waals surface area contributed by atoms with Crippen LogP contribution in [0.25, 0.3) is 16.2 Å². The zero-order valence-corrected chi connectivity index (χ0v) is 12.8. The molecule has 6 heteroatoms. The molecule has 1 aromatic carbocycles. The van der Waals surface area contributed by atoms with Crippen LogP contribution in [0.3, 0.4) is 0 Å². The lowest BCUT2D eigenvalue weighted by Crippen LogP contribution is -2.04. The number of aromatic nitrogens is 3. The molecule has 20 heavy (non-hydrogen) atoms. The van der Waals surface area contributed by atoms with Crippen molar-refractivity contribution >= 4 is 27.9 Å². The van der Waals surface area contributed by atoms with Crippen molar-refractivity contribution < 1.29 is 4.74 Å². The van der Waals surface area contributed by atoms with Crippen molar-refractivity contribution in [2.75, 3.05) is 6.61 Å². The Hall–Kier alpha value is -1.59. The van der Waals surface area contributed by atoms with Crippen LogP contribution < -0.4 is 4.74 Å². The number of hydrogen-bond donors (Lipinski definition) is 0. The summed E-state index contributed by atoms with van der Waals surface area (Å²) in [5.41, 5.74) is 1.85. The summed E-state index contributed by atoms with van der Waals surface area (Å²) in [4.78, 5) is 5.37. The van der Waals surface area contributed by atoms with Crippen molar-refractivity contribution in [3.05, 3.63) is 35.5 Å². The Labute approximate surface area is 126 Å². The van der Waals surface area contributed by atoms with E-state index in [-0.39, 0.29) is 0 Å². The molecule has 0 bridgehead atoms. The van der Waals surface area contributed by atoms with Crippen LogP contribution in [0.1, 0.15) is 13.8 Å². The van der Waals surface area contributed by atoms with Gasteiger partial charge in [-0.2, -0.15) is 0 Å². The summed E-state index contributed by atoms with van der Waals surface area (Å²) in [6.07, 6.45) is 1.89. The van der Waals surface area contributed by atoms with Crippen LogP contribution in [0, 0.1) is 5.92 Å². The first-order chi connectivity index (χ1) is 9.61. The molecule has 0 radical (unpaired) electrons. The van der Waals surface area contributed by atoms with Crippen molar-refractivity contribution in [1.29, 1.82) is 0 Å². The Morgan fingerprint density at radius 3 is 2.95 bits per heavy atom. The van der Waals surface area contributed by atoms with E-state index < -0.39 is 0 Å². The van der Waals surface area contributed by atoms with Crippen LogP contribution in [0.5, 0.6) is 5.19 Å². The van der Waals surface area contributed by atoms with Gasteiger partial charge in [-0.25, -0.2) is 9.50 Å². The third-order valence-corrected chi connectivity index (χ3v) is 3.76. The van der Waals surface area contributed by atoms with Crippen molar-refractivity contribution in [2.45, 2.75) is 13.8 Å². The minimum absolute atomic E-state index is 0.480. The van der Waals surface area contributed by atoms with Gasteiger partial charge in [-0.05, 0) is 29.4 Å². The highest BCUT2D eigenvalue weighted by atomic mass is 35.5. The molecule has 0 saturated carbocycles. The predicted octanol–water partition coefficient (Wildman–Crippen LogP) is 4.15. The topological polar surface area (TPSA) is 39.4 Å². The molecule has 0 amide bonds. The fourth-order valence-corrected chi connectivity index (χ4v) is 2.70. The van der Waals surface area contributed by atoms with Crippen molar-refractivity contribution in [2.24, 2.45) is 5.92 Å². The van der Waals surface area contributed by atoms with Gasteiger partial charge in [-0.15, -0.1) is 5.10 Å². The summed E-state index contributed by atoms with van der Waals surface area (Å²) in [5, 5.41) is 5.72. The maximum absolute atomic E-state index is 6.00. The third kappa shape index (κ3) is 2.78. The Morgan fingerprint density at radius 2 is 2.25 bits per heavy atom. The molecule has 2 heterocycles. The second-order valence-corrected chi connectivity index (χ2v) is 6.29. The molecule has 0 fully saturated rings. The SMILES string of the molecule is CC(C)COc1nn2cc(-c3cccc(Cl)c3)nc2s1. The summed E-state index contributed by atoms with van der Waals surface area (Å²) in [6.45, 7) is 4.88. The van der Waals surface area contributed by atoms with Gasteiger partial charge in [0.2, 0.25) is 4.96 Å². The van der Waals surface area contributed by atoms with Crippen LogP contribution in [-0.4, -0.2) is 21.2 Å². The van der Waals surface area contributed by atoms with Crippen LogP contribution in [0.15, 0.2) is 30.5 Å². The van der Waals surface area contributed by atoms with Gasteiger partial charge in [0, 0.05) is 10.6 Å². The number of rotatable bonds is 4. The van der Waals surface area contributed by atoms with Crippen molar-refractivity contribution in [3.63, 3.8) is 0 Å². The zero-order valence-electron chi connectivity index (χ0n) is 11.2. The Bertz CT molecular complexity index is 703. The molecule has 0 aliphatic carbocycles. The van der Waals surface area contributed by atoms with E-state index in [4.69, 9.17) is 16.3 Å². The quantitative estimate of drug-likeness (QED) is 0.727. The second kappa shape index (κ2) is 5.42. The standard InChI is InChI=1S/C14H14ClN3OS/c1-9(2)8-19-14-17-18-7-12(16-13(18)20-14)10-4-3-5-11(15)6-10/h3-7,9H,8H2,1-2H3.